The molecule has 1 aliphatic heterocycles. The van der Waals surface area contributed by atoms with Gasteiger partial charge in [0.05, 0.1) is 18.9 Å². The highest BCUT2D eigenvalue weighted by Crippen LogP contribution is 2.29. The predicted molar refractivity (Wildman–Crippen MR) is 113 cm³/mol. The quantitative estimate of drug-likeness (QED) is 0.592. The van der Waals surface area contributed by atoms with Gasteiger partial charge in [-0.2, -0.15) is 0 Å². The number of hydrogen-bond acceptors (Lipinski definition) is 8. The Morgan fingerprint density at radius 2 is 1.86 bits per heavy atom. The van der Waals surface area contributed by atoms with Crippen molar-refractivity contribution in [1.29, 1.82) is 0 Å². The molecule has 0 amide bonds. The monoisotopic (exact) mass is 451 g/mol. The van der Waals surface area contributed by atoms with Crippen LogP contribution in [-0.2, 0) is 14.8 Å². The molecule has 152 valence electrons. The molecule has 2 N–H and O–H groups in total. The minimum atomic E-state index is -3.99. The topological polar surface area (TPSA) is 109 Å². The molecule has 2 aromatic heterocycles. The first-order valence-corrected chi connectivity index (χ1v) is 11.9. The molecule has 4 rings (SSSR count). The lowest BCUT2D eigenvalue weighted by Gasteiger charge is -2.26. The fourth-order valence-electron chi connectivity index (χ4n) is 2.88. The van der Waals surface area contributed by atoms with Crippen LogP contribution in [0.15, 0.2) is 46.0 Å². The molecule has 3 aromatic rings. The van der Waals surface area contributed by atoms with Gasteiger partial charge in [-0.3, -0.25) is 4.72 Å². The number of benzene rings is 1. The summed E-state index contributed by atoms with van der Waals surface area (Å²) in [4.78, 5) is 17.6. The van der Waals surface area contributed by atoms with E-state index < -0.39 is 16.0 Å². The number of carboxylic acid groups (broad SMARTS) is 1. The van der Waals surface area contributed by atoms with Crippen LogP contribution in [0.2, 0.25) is 0 Å². The lowest BCUT2D eigenvalue weighted by atomic mass is 10.1. The number of aromatic nitrogens is 1. The molecule has 1 saturated heterocycles. The first-order valence-electron chi connectivity index (χ1n) is 8.66. The molecule has 1 aromatic carbocycles. The highest BCUT2D eigenvalue weighted by molar-refractivity contribution is 7.93. The van der Waals surface area contributed by atoms with Crippen molar-refractivity contribution in [3.05, 3.63) is 46.0 Å². The lowest BCUT2D eigenvalue weighted by molar-refractivity contribution is 0.0698. The number of ether oxygens (including phenoxy) is 1. The van der Waals surface area contributed by atoms with Crippen molar-refractivity contribution in [3.63, 3.8) is 0 Å². The molecule has 0 unspecified atom stereocenters. The number of sulfonamides is 1. The largest absolute Gasteiger partial charge is 0.477 e. The number of carboxylic acids is 1. The van der Waals surface area contributed by atoms with Crippen LogP contribution < -0.4 is 9.62 Å². The van der Waals surface area contributed by atoms with Crippen molar-refractivity contribution >= 4 is 49.5 Å². The van der Waals surface area contributed by atoms with Crippen LogP contribution in [0, 0.1) is 0 Å². The van der Waals surface area contributed by atoms with Crippen LogP contribution in [0.4, 0.5) is 10.8 Å². The van der Waals surface area contributed by atoms with Crippen molar-refractivity contribution in [2.45, 2.75) is 4.90 Å². The molecule has 0 aliphatic carbocycles. The maximum absolute atomic E-state index is 12.5. The van der Waals surface area contributed by atoms with Gasteiger partial charge in [-0.25, -0.2) is 18.2 Å². The average molecular weight is 452 g/mol. The molecule has 0 bridgehead atoms. The Kier molecular flexibility index (Phi) is 5.54. The Balaban J connectivity index is 1.50. The van der Waals surface area contributed by atoms with Crippen molar-refractivity contribution < 1.29 is 23.1 Å². The van der Waals surface area contributed by atoms with Gasteiger partial charge in [0, 0.05) is 29.7 Å². The molecule has 0 atom stereocenters. The Morgan fingerprint density at radius 3 is 2.55 bits per heavy atom. The number of morpholine rings is 1. The lowest BCUT2D eigenvalue weighted by Crippen LogP contribution is -2.36. The van der Waals surface area contributed by atoms with Gasteiger partial charge < -0.3 is 14.7 Å². The van der Waals surface area contributed by atoms with Crippen LogP contribution in [0.3, 0.4) is 0 Å². The second-order valence-corrected chi connectivity index (χ2v) is 9.62. The summed E-state index contributed by atoms with van der Waals surface area (Å²) in [5.74, 6) is -1.27. The average Bonchev–Trinajstić information content (AvgIpc) is 3.39. The third kappa shape index (κ3) is 4.27. The van der Waals surface area contributed by atoms with Crippen LogP contribution >= 0.6 is 22.7 Å². The number of nitrogens with one attached hydrogen (secondary N) is 1. The van der Waals surface area contributed by atoms with E-state index in [0.29, 0.717) is 18.9 Å². The van der Waals surface area contributed by atoms with Gasteiger partial charge in [-0.15, -0.1) is 22.7 Å². The summed E-state index contributed by atoms with van der Waals surface area (Å²) in [7, 11) is -3.99. The zero-order chi connectivity index (χ0) is 20.4. The number of thiazole rings is 1. The molecule has 1 aliphatic rings. The van der Waals surface area contributed by atoms with Crippen LogP contribution in [-0.4, -0.2) is 50.8 Å². The maximum Gasteiger partial charge on any atom is 0.347 e. The fraction of sp³-hybridized carbons (Fsp3) is 0.222. The zero-order valence-corrected chi connectivity index (χ0v) is 17.5. The number of anilines is 2. The standard InChI is InChI=1S/C18H17N3O5S3/c22-17(23)16-15(5-10-27-16)29(24,25)20-13-3-1-12(2-4-13)14-11-28-18(19-14)21-6-8-26-9-7-21/h1-5,10-11,20H,6-9H2,(H,22,23). The molecule has 1 fully saturated rings. The summed E-state index contributed by atoms with van der Waals surface area (Å²) in [5.41, 5.74) is 2.03. The third-order valence-corrected chi connectivity index (χ3v) is 7.68. The van der Waals surface area contributed by atoms with Crippen molar-refractivity contribution in [2.75, 3.05) is 35.9 Å². The van der Waals surface area contributed by atoms with E-state index in [9.17, 15) is 13.2 Å². The highest BCUT2D eigenvalue weighted by Gasteiger charge is 2.24. The molecule has 29 heavy (non-hydrogen) atoms. The number of carbonyl (C=O) groups is 1. The molecule has 3 heterocycles. The van der Waals surface area contributed by atoms with Gasteiger partial charge in [-0.05, 0) is 23.6 Å². The van der Waals surface area contributed by atoms with E-state index in [0.717, 1.165) is 40.8 Å². The summed E-state index contributed by atoms with van der Waals surface area (Å²) in [6, 6.07) is 8.11. The van der Waals surface area contributed by atoms with E-state index >= 15 is 0 Å². The smallest absolute Gasteiger partial charge is 0.347 e. The van der Waals surface area contributed by atoms with Gasteiger partial charge in [0.25, 0.3) is 10.0 Å². The Labute approximate surface area is 175 Å². The summed E-state index contributed by atoms with van der Waals surface area (Å²) in [6.45, 7) is 3.01. The number of aromatic carboxylic acids is 1. The minimum absolute atomic E-state index is 0.216. The van der Waals surface area contributed by atoms with E-state index in [1.807, 2.05) is 5.38 Å². The minimum Gasteiger partial charge on any atom is -0.477 e. The van der Waals surface area contributed by atoms with E-state index in [4.69, 9.17) is 9.84 Å². The summed E-state index contributed by atoms with van der Waals surface area (Å²) >= 11 is 2.43. The first kappa shape index (κ1) is 19.8. The molecule has 11 heteroatoms. The van der Waals surface area contributed by atoms with Gasteiger partial charge in [0.1, 0.15) is 9.77 Å². The molecule has 0 spiro atoms. The van der Waals surface area contributed by atoms with Crippen LogP contribution in [0.5, 0.6) is 0 Å². The Hall–Kier alpha value is -2.47. The van der Waals surface area contributed by atoms with Crippen LogP contribution in [0.25, 0.3) is 11.3 Å². The SMILES string of the molecule is O=C(O)c1sccc1S(=O)(=O)Nc1ccc(-c2csc(N3CCOCC3)n2)cc1. The van der Waals surface area contributed by atoms with E-state index in [2.05, 4.69) is 14.6 Å². The highest BCUT2D eigenvalue weighted by atomic mass is 32.2. The predicted octanol–water partition coefficient (Wildman–Crippen LogP) is 3.21. The van der Waals surface area contributed by atoms with Gasteiger partial charge in [-0.1, -0.05) is 12.1 Å². The van der Waals surface area contributed by atoms with Crippen LogP contribution in [0.1, 0.15) is 9.67 Å². The number of nitrogens with zero attached hydrogens (tertiary/aromatic N) is 2. The molecule has 8 nitrogen and oxygen atoms in total. The number of thiophene rings is 1. The van der Waals surface area contributed by atoms with E-state index in [1.165, 1.54) is 11.4 Å². The van der Waals surface area contributed by atoms with E-state index in [1.54, 1.807) is 35.6 Å². The maximum atomic E-state index is 12.5. The number of hydrogen-bond donors (Lipinski definition) is 2. The van der Waals surface area contributed by atoms with Crippen molar-refractivity contribution in [3.8, 4) is 11.3 Å². The molecular formula is C18H17N3O5S3. The second kappa shape index (κ2) is 8.11. The second-order valence-electron chi connectivity index (χ2n) is 6.22. The summed E-state index contributed by atoms with van der Waals surface area (Å²) in [5, 5.41) is 13.5. The van der Waals surface area contributed by atoms with Gasteiger partial charge in [0.15, 0.2) is 5.13 Å². The summed E-state index contributed by atoms with van der Waals surface area (Å²) in [6.07, 6.45) is 0. The Bertz CT molecular complexity index is 1120. The molecule has 0 radical (unpaired) electrons. The van der Waals surface area contributed by atoms with Gasteiger partial charge in [0.2, 0.25) is 0 Å². The Morgan fingerprint density at radius 1 is 1.14 bits per heavy atom. The third-order valence-electron chi connectivity index (χ3n) is 4.32. The molecular weight excluding hydrogens is 434 g/mol. The first-order chi connectivity index (χ1) is 13.9. The van der Waals surface area contributed by atoms with Crippen molar-refractivity contribution in [1.82, 2.24) is 4.98 Å². The summed E-state index contributed by atoms with van der Waals surface area (Å²) < 4.78 is 32.8. The zero-order valence-electron chi connectivity index (χ0n) is 15.1. The normalized spacial score (nSPS) is 14.7. The van der Waals surface area contributed by atoms with Gasteiger partial charge >= 0.3 is 5.97 Å². The van der Waals surface area contributed by atoms with Crippen molar-refractivity contribution in [2.24, 2.45) is 0 Å². The number of rotatable bonds is 6. The van der Waals surface area contributed by atoms with E-state index in [-0.39, 0.29) is 9.77 Å². The fourth-order valence-corrected chi connectivity index (χ4v) is 6.09. The molecule has 0 saturated carbocycles.